The van der Waals surface area contributed by atoms with Gasteiger partial charge in [0, 0.05) is 17.3 Å². The van der Waals surface area contributed by atoms with Crippen molar-refractivity contribution in [1.29, 1.82) is 0 Å². The molecule has 5 heteroatoms. The fourth-order valence-electron chi connectivity index (χ4n) is 13.9. The highest BCUT2D eigenvalue weighted by Crippen LogP contribution is 2.77. The maximum atomic E-state index is 14.0. The van der Waals surface area contributed by atoms with Gasteiger partial charge >= 0.3 is 11.9 Å². The normalized spacial score (nSPS) is 46.5. The number of ether oxygens (including phenoxy) is 1. The molecule has 0 aromatic heterocycles. The van der Waals surface area contributed by atoms with Gasteiger partial charge in [-0.25, -0.2) is 0 Å². The first-order chi connectivity index (χ1) is 20.6. The first-order valence-corrected chi connectivity index (χ1v) is 18.6. The molecular weight excluding hydrogens is 548 g/mol. The Morgan fingerprint density at radius 3 is 2.11 bits per heavy atom. The molecule has 0 bridgehead atoms. The fourth-order valence-corrected chi connectivity index (χ4v) is 13.9. The Kier molecular flexibility index (Phi) is 8.21. The summed E-state index contributed by atoms with van der Waals surface area (Å²) < 4.78 is 6.39. The third kappa shape index (κ3) is 4.61. The lowest BCUT2D eigenvalue weighted by Crippen LogP contribution is -2.67. The Balaban J connectivity index is 1.28. The predicted octanol–water partition coefficient (Wildman–Crippen LogP) is 9.26. The second kappa shape index (κ2) is 11.1. The highest BCUT2D eigenvalue weighted by Gasteiger charge is 2.72. The quantitative estimate of drug-likeness (QED) is 0.291. The molecule has 0 heterocycles. The minimum Gasteiger partial charge on any atom is -0.481 e. The van der Waals surface area contributed by atoms with Crippen molar-refractivity contribution in [3.8, 4) is 0 Å². The van der Waals surface area contributed by atoms with Crippen LogP contribution >= 0.6 is 0 Å². The Morgan fingerprint density at radius 1 is 0.750 bits per heavy atom. The molecule has 6 aliphatic rings. The lowest BCUT2D eigenvalue weighted by Gasteiger charge is -2.73. The van der Waals surface area contributed by atoms with Crippen LogP contribution in [0.1, 0.15) is 151 Å². The van der Waals surface area contributed by atoms with Crippen molar-refractivity contribution in [2.45, 2.75) is 157 Å². The van der Waals surface area contributed by atoms with Gasteiger partial charge in [-0.15, -0.1) is 0 Å². The molecule has 5 unspecified atom stereocenters. The Hall–Kier alpha value is -1.39. The summed E-state index contributed by atoms with van der Waals surface area (Å²) >= 11 is 0. The number of Topliss-reactive ketones (excluding diaryl/α,β-unsaturated/α-hetero) is 1. The Morgan fingerprint density at radius 2 is 1.45 bits per heavy atom. The molecule has 6 aliphatic carbocycles. The maximum Gasteiger partial charge on any atom is 0.309 e. The molecule has 1 N–H and O–H groups in total. The Labute approximate surface area is 267 Å². The van der Waals surface area contributed by atoms with E-state index >= 15 is 0 Å². The van der Waals surface area contributed by atoms with Crippen LogP contribution in [0.15, 0.2) is 0 Å². The third-order valence-corrected chi connectivity index (χ3v) is 16.3. The summed E-state index contributed by atoms with van der Waals surface area (Å²) in [5.41, 5.74) is 0.262. The van der Waals surface area contributed by atoms with Gasteiger partial charge in [0.15, 0.2) is 0 Å². The lowest BCUT2D eigenvalue weighted by atomic mass is 9.32. The second-order valence-corrected chi connectivity index (χ2v) is 18.4. The average molecular weight is 611 g/mol. The minimum absolute atomic E-state index is 0.0161. The van der Waals surface area contributed by atoms with E-state index in [0.717, 1.165) is 64.2 Å². The van der Waals surface area contributed by atoms with Crippen LogP contribution < -0.4 is 0 Å². The third-order valence-electron chi connectivity index (χ3n) is 16.3. The summed E-state index contributed by atoms with van der Waals surface area (Å²) in [6, 6.07) is 0. The molecule has 0 saturated heterocycles. The number of carbonyl (C=O) groups is 3. The van der Waals surface area contributed by atoms with Gasteiger partial charge in [-0.05, 0) is 129 Å². The smallest absolute Gasteiger partial charge is 0.309 e. The number of hydrogen-bond donors (Lipinski definition) is 1. The van der Waals surface area contributed by atoms with Crippen molar-refractivity contribution >= 4 is 17.7 Å². The molecule has 0 spiro atoms. The van der Waals surface area contributed by atoms with Crippen LogP contribution in [0.2, 0.25) is 0 Å². The number of rotatable bonds is 7. The van der Waals surface area contributed by atoms with E-state index in [0.29, 0.717) is 35.5 Å². The van der Waals surface area contributed by atoms with E-state index in [2.05, 4.69) is 48.5 Å². The van der Waals surface area contributed by atoms with Crippen LogP contribution in [0, 0.1) is 68.5 Å². The van der Waals surface area contributed by atoms with Gasteiger partial charge in [0.2, 0.25) is 0 Å². The number of carbonyl (C=O) groups excluding carboxylic acids is 2. The number of esters is 1. The molecule has 6 saturated carbocycles. The minimum atomic E-state index is -0.852. The lowest BCUT2D eigenvalue weighted by molar-refractivity contribution is -0.250. The van der Waals surface area contributed by atoms with Gasteiger partial charge in [-0.2, -0.15) is 0 Å². The van der Waals surface area contributed by atoms with Gasteiger partial charge in [0.25, 0.3) is 0 Å². The zero-order valence-electron chi connectivity index (χ0n) is 29.0. The van der Waals surface area contributed by atoms with Crippen molar-refractivity contribution < 1.29 is 24.2 Å². The summed E-state index contributed by atoms with van der Waals surface area (Å²) in [6.07, 6.45) is 15.6. The first kappa shape index (κ1) is 32.5. The van der Waals surface area contributed by atoms with Crippen molar-refractivity contribution in [2.75, 3.05) is 0 Å². The van der Waals surface area contributed by atoms with Gasteiger partial charge < -0.3 is 9.84 Å². The van der Waals surface area contributed by atoms with Crippen LogP contribution in [0.5, 0.6) is 0 Å². The van der Waals surface area contributed by atoms with Gasteiger partial charge in [-0.3, -0.25) is 14.4 Å². The van der Waals surface area contributed by atoms with Crippen LogP contribution in [0.4, 0.5) is 0 Å². The van der Waals surface area contributed by atoms with Crippen molar-refractivity contribution in [3.05, 3.63) is 0 Å². The van der Waals surface area contributed by atoms with Crippen LogP contribution in [0.25, 0.3) is 0 Å². The summed E-state index contributed by atoms with van der Waals surface area (Å²) in [4.78, 5) is 38.7. The van der Waals surface area contributed by atoms with Gasteiger partial charge in [-0.1, -0.05) is 61.3 Å². The predicted molar refractivity (Wildman–Crippen MR) is 173 cm³/mol. The van der Waals surface area contributed by atoms with E-state index in [4.69, 9.17) is 4.74 Å². The second-order valence-electron chi connectivity index (χ2n) is 18.4. The molecule has 0 aromatic rings. The average Bonchev–Trinajstić information content (AvgIpc) is 3.63. The van der Waals surface area contributed by atoms with Gasteiger partial charge in [0.1, 0.15) is 11.9 Å². The molecule has 248 valence electrons. The summed E-state index contributed by atoms with van der Waals surface area (Å²) in [5, 5.41) is 9.42. The van der Waals surface area contributed by atoms with E-state index in [1.807, 2.05) is 0 Å². The first-order valence-electron chi connectivity index (χ1n) is 18.6. The molecule has 6 fully saturated rings. The zero-order valence-corrected chi connectivity index (χ0v) is 29.0. The van der Waals surface area contributed by atoms with E-state index in [1.165, 1.54) is 25.7 Å². The topological polar surface area (TPSA) is 80.7 Å². The molecule has 0 radical (unpaired) electrons. The highest BCUT2D eigenvalue weighted by atomic mass is 16.5. The van der Waals surface area contributed by atoms with Crippen molar-refractivity contribution in [1.82, 2.24) is 0 Å². The SMILES string of the molecule is CC(C)C1CC[C@]2(C(=O)CCC(=O)O)CC[C@]3(C)C(CCC4[C@@]5(C)CC[C@@H](OC(=O)C6CCCC6)C(C)(C)C5CC[C@]43C)C12. The fraction of sp³-hybridized carbons (Fsp3) is 0.923. The largest absolute Gasteiger partial charge is 0.481 e. The molecular formula is C39H62O5. The number of carboxylic acid groups (broad SMARTS) is 1. The molecule has 0 amide bonds. The van der Waals surface area contributed by atoms with E-state index in [1.54, 1.807) is 0 Å². The molecule has 0 aromatic carbocycles. The van der Waals surface area contributed by atoms with Crippen molar-refractivity contribution in [2.24, 2.45) is 68.5 Å². The van der Waals surface area contributed by atoms with Crippen molar-refractivity contribution in [3.63, 3.8) is 0 Å². The zero-order chi connectivity index (χ0) is 31.9. The van der Waals surface area contributed by atoms with Crippen LogP contribution in [-0.4, -0.2) is 28.9 Å². The van der Waals surface area contributed by atoms with Crippen LogP contribution in [0.3, 0.4) is 0 Å². The number of carboxylic acids is 1. The number of aliphatic carboxylic acids is 1. The highest BCUT2D eigenvalue weighted by molar-refractivity contribution is 5.88. The standard InChI is InChI=1S/C39H62O5/c1-24(2)26-16-21-39(30(40)14-15-32(41)42)23-22-37(6)27(33(26)39)12-13-29-36(5)19-18-31(44-34(43)25-10-8-9-11-25)35(3,4)28(36)17-20-38(29,37)7/h24-29,31,33H,8-23H2,1-7H3,(H,41,42)/t26?,27?,28?,29?,31-,33?,36+,37-,38-,39-/m1/s1. The monoisotopic (exact) mass is 610 g/mol. The summed E-state index contributed by atoms with van der Waals surface area (Å²) in [5.74, 6) is 2.75. The molecule has 6 rings (SSSR count). The molecule has 5 nitrogen and oxygen atoms in total. The van der Waals surface area contributed by atoms with E-state index in [9.17, 15) is 19.5 Å². The Bertz CT molecular complexity index is 1150. The summed E-state index contributed by atoms with van der Waals surface area (Å²) in [6.45, 7) is 17.4. The summed E-state index contributed by atoms with van der Waals surface area (Å²) in [7, 11) is 0. The molecule has 44 heavy (non-hydrogen) atoms. The van der Waals surface area contributed by atoms with E-state index < -0.39 is 5.97 Å². The number of ketones is 1. The molecule has 0 aliphatic heterocycles. The maximum absolute atomic E-state index is 14.0. The van der Waals surface area contributed by atoms with E-state index in [-0.39, 0.29) is 63.7 Å². The number of hydrogen-bond acceptors (Lipinski definition) is 4. The van der Waals surface area contributed by atoms with Crippen LogP contribution in [-0.2, 0) is 19.1 Å². The molecule has 10 atom stereocenters. The van der Waals surface area contributed by atoms with Gasteiger partial charge in [0.05, 0.1) is 12.3 Å². The number of fused-ring (bicyclic) bond motifs is 7.